The highest BCUT2D eigenvalue weighted by Gasteiger charge is 2.19. The Morgan fingerprint density at radius 1 is 1.00 bits per heavy atom. The molecule has 0 aliphatic heterocycles. The average molecular weight is 400 g/mol. The van der Waals surface area contributed by atoms with E-state index in [-0.39, 0.29) is 17.1 Å². The lowest BCUT2D eigenvalue weighted by molar-refractivity contribution is 0.835. The van der Waals surface area contributed by atoms with E-state index < -0.39 is 0 Å². The molecule has 2 heterocycles. The highest BCUT2D eigenvalue weighted by Crippen LogP contribution is 2.13. The molecule has 0 amide bonds. The number of H-pyrrole nitrogens is 2. The molecule has 3 N–H and O–H groups in total. The van der Waals surface area contributed by atoms with Crippen LogP contribution in [-0.2, 0) is 0 Å². The zero-order valence-electron chi connectivity index (χ0n) is 16.5. The predicted molar refractivity (Wildman–Crippen MR) is 116 cm³/mol. The number of rotatable bonds is 5. The molecule has 0 fully saturated rings. The van der Waals surface area contributed by atoms with E-state index in [9.17, 15) is 9.59 Å². The van der Waals surface area contributed by atoms with Gasteiger partial charge in [0.2, 0.25) is 5.95 Å². The third-order valence-electron chi connectivity index (χ3n) is 4.51. The van der Waals surface area contributed by atoms with Crippen molar-refractivity contribution in [2.75, 3.05) is 5.43 Å². The maximum atomic E-state index is 13.3. The molecule has 150 valence electrons. The minimum absolute atomic E-state index is 0.199. The number of hydrogen-bond acceptors (Lipinski definition) is 5. The lowest BCUT2D eigenvalue weighted by Gasteiger charge is -2.07. The Morgan fingerprint density at radius 3 is 2.33 bits per heavy atom. The van der Waals surface area contributed by atoms with Crippen LogP contribution in [0.1, 0.15) is 22.5 Å². The van der Waals surface area contributed by atoms with Gasteiger partial charge in [-0.25, -0.2) is 15.1 Å². The van der Waals surface area contributed by atoms with E-state index >= 15 is 0 Å². The van der Waals surface area contributed by atoms with Crippen LogP contribution in [0.25, 0.3) is 5.69 Å². The summed E-state index contributed by atoms with van der Waals surface area (Å²) in [7, 11) is 0. The lowest BCUT2D eigenvalue weighted by Crippen LogP contribution is -2.22. The molecule has 0 atom stereocenters. The van der Waals surface area contributed by atoms with E-state index in [1.807, 2.05) is 67.6 Å². The number of aromatic nitrogens is 4. The second kappa shape index (κ2) is 8.04. The molecule has 0 saturated heterocycles. The van der Waals surface area contributed by atoms with Gasteiger partial charge in [-0.3, -0.25) is 19.7 Å². The first-order chi connectivity index (χ1) is 14.5. The van der Waals surface area contributed by atoms with Crippen molar-refractivity contribution >= 4 is 11.7 Å². The first-order valence-electron chi connectivity index (χ1n) is 9.37. The van der Waals surface area contributed by atoms with Crippen molar-refractivity contribution in [3.05, 3.63) is 110 Å². The SMILES string of the molecule is Cc1cc(=O)[nH]c(N/N=C(\c2ccccc2)c2c(C)[nH]n(-c3ccccc3)c2=O)n1. The van der Waals surface area contributed by atoms with Crippen LogP contribution in [0, 0.1) is 13.8 Å². The molecule has 30 heavy (non-hydrogen) atoms. The summed E-state index contributed by atoms with van der Waals surface area (Å²) >= 11 is 0. The maximum absolute atomic E-state index is 13.3. The number of para-hydroxylation sites is 1. The van der Waals surface area contributed by atoms with Gasteiger partial charge in [0.15, 0.2) is 0 Å². The van der Waals surface area contributed by atoms with Crippen molar-refractivity contribution in [1.29, 1.82) is 0 Å². The summed E-state index contributed by atoms with van der Waals surface area (Å²) < 4.78 is 1.48. The number of aromatic amines is 2. The zero-order chi connectivity index (χ0) is 21.1. The summed E-state index contributed by atoms with van der Waals surface area (Å²) in [5.74, 6) is 0.199. The van der Waals surface area contributed by atoms with Gasteiger partial charge in [0.1, 0.15) is 5.71 Å². The molecular formula is C22H20N6O2. The Balaban J connectivity index is 1.85. The quantitative estimate of drug-likeness (QED) is 0.354. The number of anilines is 1. The monoisotopic (exact) mass is 400 g/mol. The highest BCUT2D eigenvalue weighted by molar-refractivity contribution is 6.13. The number of benzene rings is 2. The maximum Gasteiger partial charge on any atom is 0.281 e. The number of hydrogen-bond donors (Lipinski definition) is 3. The van der Waals surface area contributed by atoms with E-state index in [0.29, 0.717) is 22.7 Å². The first-order valence-corrected chi connectivity index (χ1v) is 9.37. The van der Waals surface area contributed by atoms with Crippen molar-refractivity contribution < 1.29 is 0 Å². The van der Waals surface area contributed by atoms with Crippen molar-refractivity contribution in [1.82, 2.24) is 19.7 Å². The molecule has 0 aliphatic carbocycles. The summed E-state index contributed by atoms with van der Waals surface area (Å²) in [5, 5.41) is 7.56. The molecule has 4 aromatic rings. The van der Waals surface area contributed by atoms with Gasteiger partial charge >= 0.3 is 0 Å². The molecule has 4 rings (SSSR count). The third-order valence-corrected chi connectivity index (χ3v) is 4.51. The van der Waals surface area contributed by atoms with Crippen LogP contribution in [0.15, 0.2) is 81.4 Å². The summed E-state index contributed by atoms with van der Waals surface area (Å²) in [6.07, 6.45) is 0. The van der Waals surface area contributed by atoms with Gasteiger partial charge < -0.3 is 0 Å². The second-order valence-electron chi connectivity index (χ2n) is 6.76. The van der Waals surface area contributed by atoms with E-state index in [0.717, 1.165) is 11.3 Å². The van der Waals surface area contributed by atoms with E-state index in [2.05, 4.69) is 25.6 Å². The Morgan fingerprint density at radius 2 is 1.67 bits per heavy atom. The summed E-state index contributed by atoms with van der Waals surface area (Å²) in [5.41, 5.74) is 5.83. The molecule has 0 saturated carbocycles. The van der Waals surface area contributed by atoms with E-state index in [1.54, 1.807) is 6.92 Å². The van der Waals surface area contributed by atoms with Gasteiger partial charge in [-0.2, -0.15) is 5.10 Å². The molecule has 2 aromatic heterocycles. The van der Waals surface area contributed by atoms with E-state index in [1.165, 1.54) is 10.7 Å². The Labute approximate surface area is 171 Å². The van der Waals surface area contributed by atoms with Crippen LogP contribution < -0.4 is 16.5 Å². The van der Waals surface area contributed by atoms with Gasteiger partial charge in [-0.15, -0.1) is 0 Å². The van der Waals surface area contributed by atoms with E-state index in [4.69, 9.17) is 0 Å². The number of nitrogens with one attached hydrogen (secondary N) is 3. The fraction of sp³-hybridized carbons (Fsp3) is 0.0909. The van der Waals surface area contributed by atoms with Crippen LogP contribution >= 0.6 is 0 Å². The summed E-state index contributed by atoms with van der Waals surface area (Å²) in [4.78, 5) is 31.8. The molecule has 8 heteroatoms. The molecule has 0 bridgehead atoms. The van der Waals surface area contributed by atoms with Gasteiger partial charge in [0.05, 0.1) is 11.3 Å². The Hall–Kier alpha value is -4.20. The Bertz CT molecular complexity index is 1320. The van der Waals surface area contributed by atoms with Crippen LogP contribution in [0.2, 0.25) is 0 Å². The van der Waals surface area contributed by atoms with Crippen molar-refractivity contribution in [3.8, 4) is 5.69 Å². The van der Waals surface area contributed by atoms with Crippen molar-refractivity contribution in [2.45, 2.75) is 13.8 Å². The molecule has 0 unspecified atom stereocenters. The summed E-state index contributed by atoms with van der Waals surface area (Å²) in [6, 6.07) is 20.1. The predicted octanol–water partition coefficient (Wildman–Crippen LogP) is 2.73. The fourth-order valence-corrected chi connectivity index (χ4v) is 3.19. The van der Waals surface area contributed by atoms with Crippen LogP contribution in [0.3, 0.4) is 0 Å². The Kier molecular flexibility index (Phi) is 5.13. The van der Waals surface area contributed by atoms with Crippen molar-refractivity contribution in [2.24, 2.45) is 5.10 Å². The molecule has 2 aromatic carbocycles. The van der Waals surface area contributed by atoms with Crippen LogP contribution in [0.5, 0.6) is 0 Å². The summed E-state index contributed by atoms with van der Waals surface area (Å²) in [6.45, 7) is 3.54. The number of hydrazone groups is 1. The molecule has 0 radical (unpaired) electrons. The fourth-order valence-electron chi connectivity index (χ4n) is 3.19. The normalized spacial score (nSPS) is 11.5. The zero-order valence-corrected chi connectivity index (χ0v) is 16.5. The minimum Gasteiger partial charge on any atom is -0.295 e. The standard InChI is InChI=1S/C22H20N6O2/c1-14-13-18(29)24-22(23-14)26-25-20(16-9-5-3-6-10-16)19-15(2)27-28(21(19)30)17-11-7-4-8-12-17/h3-13,27H,1-2H3,(H2,23,24,26,29)/b25-20+. The first kappa shape index (κ1) is 19.1. The molecule has 0 aliphatic rings. The molecule has 8 nitrogen and oxygen atoms in total. The topological polar surface area (TPSA) is 108 Å². The lowest BCUT2D eigenvalue weighted by atomic mass is 10.0. The van der Waals surface area contributed by atoms with Gasteiger partial charge in [0.25, 0.3) is 11.1 Å². The number of aryl methyl sites for hydroxylation is 2. The highest BCUT2D eigenvalue weighted by atomic mass is 16.1. The molecular weight excluding hydrogens is 380 g/mol. The van der Waals surface area contributed by atoms with Crippen LogP contribution in [-0.4, -0.2) is 25.5 Å². The smallest absolute Gasteiger partial charge is 0.281 e. The molecule has 0 spiro atoms. The third kappa shape index (κ3) is 3.83. The van der Waals surface area contributed by atoms with Gasteiger partial charge in [-0.1, -0.05) is 48.5 Å². The average Bonchev–Trinajstić information content (AvgIpc) is 3.03. The van der Waals surface area contributed by atoms with Gasteiger partial charge in [0, 0.05) is 23.0 Å². The van der Waals surface area contributed by atoms with Crippen molar-refractivity contribution in [3.63, 3.8) is 0 Å². The van der Waals surface area contributed by atoms with Gasteiger partial charge in [-0.05, 0) is 26.0 Å². The second-order valence-corrected chi connectivity index (χ2v) is 6.76. The largest absolute Gasteiger partial charge is 0.295 e. The number of nitrogens with zero attached hydrogens (tertiary/aromatic N) is 3. The minimum atomic E-state index is -0.286. The van der Waals surface area contributed by atoms with Crippen LogP contribution in [0.4, 0.5) is 5.95 Å².